The van der Waals surface area contributed by atoms with Gasteiger partial charge in [0, 0.05) is 26.2 Å². The SMILES string of the molecule is Cc1ccc(S(=O)(=O)N2CCN(C(=O)COC(=O)[C@H]3COc4ccccc4O3)CC2)c(C)c1. The number of rotatable bonds is 5. The van der Waals surface area contributed by atoms with Crippen LogP contribution < -0.4 is 9.47 Å². The van der Waals surface area contributed by atoms with Gasteiger partial charge >= 0.3 is 5.97 Å². The Labute approximate surface area is 192 Å². The van der Waals surface area contributed by atoms with Gasteiger partial charge in [0.1, 0.15) is 6.61 Å². The molecule has 2 aromatic carbocycles. The van der Waals surface area contributed by atoms with Crippen molar-refractivity contribution in [2.45, 2.75) is 24.8 Å². The fraction of sp³-hybridized carbons (Fsp3) is 0.391. The van der Waals surface area contributed by atoms with Crippen molar-refractivity contribution in [1.82, 2.24) is 9.21 Å². The Morgan fingerprint density at radius 1 is 1.03 bits per heavy atom. The molecule has 0 aromatic heterocycles. The zero-order chi connectivity index (χ0) is 23.6. The number of carbonyl (C=O) groups excluding carboxylic acids is 2. The van der Waals surface area contributed by atoms with Gasteiger partial charge in [0.05, 0.1) is 4.90 Å². The van der Waals surface area contributed by atoms with E-state index < -0.39 is 28.7 Å². The molecule has 33 heavy (non-hydrogen) atoms. The van der Waals surface area contributed by atoms with E-state index in [4.69, 9.17) is 14.2 Å². The molecule has 2 heterocycles. The smallest absolute Gasteiger partial charge is 0.351 e. The second kappa shape index (κ2) is 9.40. The highest BCUT2D eigenvalue weighted by molar-refractivity contribution is 7.89. The van der Waals surface area contributed by atoms with E-state index in [1.807, 2.05) is 13.0 Å². The van der Waals surface area contributed by atoms with Crippen molar-refractivity contribution in [2.75, 3.05) is 39.4 Å². The van der Waals surface area contributed by atoms with E-state index in [2.05, 4.69) is 0 Å². The van der Waals surface area contributed by atoms with Crippen LogP contribution in [0, 0.1) is 13.8 Å². The Morgan fingerprint density at radius 2 is 1.73 bits per heavy atom. The molecule has 0 aliphatic carbocycles. The van der Waals surface area contributed by atoms with Gasteiger partial charge in [0.25, 0.3) is 5.91 Å². The quantitative estimate of drug-likeness (QED) is 0.606. The van der Waals surface area contributed by atoms with Gasteiger partial charge in [-0.25, -0.2) is 13.2 Å². The van der Waals surface area contributed by atoms with Crippen molar-refractivity contribution in [3.63, 3.8) is 0 Å². The molecule has 0 spiro atoms. The van der Waals surface area contributed by atoms with Crippen LogP contribution in [0.5, 0.6) is 11.5 Å². The normalized spacial score (nSPS) is 18.6. The minimum Gasteiger partial charge on any atom is -0.485 e. The van der Waals surface area contributed by atoms with Gasteiger partial charge in [-0.05, 0) is 37.6 Å². The van der Waals surface area contributed by atoms with E-state index in [1.54, 1.807) is 43.3 Å². The maximum Gasteiger partial charge on any atom is 0.351 e. The lowest BCUT2D eigenvalue weighted by Crippen LogP contribution is -2.51. The van der Waals surface area contributed by atoms with Crippen molar-refractivity contribution in [3.8, 4) is 11.5 Å². The molecule has 1 amide bonds. The summed E-state index contributed by atoms with van der Waals surface area (Å²) < 4.78 is 43.6. The highest BCUT2D eigenvalue weighted by atomic mass is 32.2. The monoisotopic (exact) mass is 474 g/mol. The summed E-state index contributed by atoms with van der Waals surface area (Å²) in [7, 11) is -3.64. The number of nitrogens with zero attached hydrogens (tertiary/aromatic N) is 2. The van der Waals surface area contributed by atoms with Crippen molar-refractivity contribution in [1.29, 1.82) is 0 Å². The molecule has 0 radical (unpaired) electrons. The Balaban J connectivity index is 1.28. The van der Waals surface area contributed by atoms with Crippen LogP contribution in [-0.2, 0) is 24.3 Å². The number of ether oxygens (including phenoxy) is 3. The van der Waals surface area contributed by atoms with E-state index in [1.165, 1.54) is 9.21 Å². The number of para-hydroxylation sites is 2. The van der Waals surface area contributed by atoms with E-state index >= 15 is 0 Å². The van der Waals surface area contributed by atoms with Crippen LogP contribution in [0.1, 0.15) is 11.1 Å². The van der Waals surface area contributed by atoms with Gasteiger partial charge in [0.2, 0.25) is 16.1 Å². The number of fused-ring (bicyclic) bond motifs is 1. The van der Waals surface area contributed by atoms with Crippen molar-refractivity contribution in [3.05, 3.63) is 53.6 Å². The third kappa shape index (κ3) is 4.96. The summed E-state index contributed by atoms with van der Waals surface area (Å²) >= 11 is 0. The molecule has 2 aliphatic heterocycles. The lowest BCUT2D eigenvalue weighted by atomic mass is 10.2. The van der Waals surface area contributed by atoms with E-state index in [9.17, 15) is 18.0 Å². The molecule has 0 N–H and O–H groups in total. The molecule has 10 heteroatoms. The summed E-state index contributed by atoms with van der Waals surface area (Å²) in [5.74, 6) is -0.0811. The molecule has 1 saturated heterocycles. The van der Waals surface area contributed by atoms with Gasteiger partial charge in [0.15, 0.2) is 18.1 Å². The van der Waals surface area contributed by atoms with Crippen LogP contribution in [0.15, 0.2) is 47.4 Å². The molecule has 176 valence electrons. The number of hydrogen-bond donors (Lipinski definition) is 0. The fourth-order valence-electron chi connectivity index (χ4n) is 3.86. The van der Waals surface area contributed by atoms with Crippen LogP contribution in [-0.4, -0.2) is 75.0 Å². The first-order valence-electron chi connectivity index (χ1n) is 10.7. The molecule has 0 bridgehead atoms. The summed E-state index contributed by atoms with van der Waals surface area (Å²) in [6.07, 6.45) is -0.951. The maximum atomic E-state index is 13.0. The van der Waals surface area contributed by atoms with Crippen LogP contribution >= 0.6 is 0 Å². The van der Waals surface area contributed by atoms with Gasteiger partial charge < -0.3 is 19.1 Å². The number of amides is 1. The van der Waals surface area contributed by atoms with E-state index in [-0.39, 0.29) is 43.6 Å². The summed E-state index contributed by atoms with van der Waals surface area (Å²) in [4.78, 5) is 26.6. The third-order valence-electron chi connectivity index (χ3n) is 5.65. The van der Waals surface area contributed by atoms with Gasteiger partial charge in [-0.15, -0.1) is 0 Å². The molecule has 1 atom stereocenters. The second-order valence-corrected chi connectivity index (χ2v) is 9.93. The van der Waals surface area contributed by atoms with Crippen LogP contribution in [0.25, 0.3) is 0 Å². The minimum absolute atomic E-state index is 0.000994. The maximum absolute atomic E-state index is 13.0. The molecule has 9 nitrogen and oxygen atoms in total. The minimum atomic E-state index is -3.64. The van der Waals surface area contributed by atoms with Gasteiger partial charge in [-0.3, -0.25) is 4.79 Å². The zero-order valence-electron chi connectivity index (χ0n) is 18.5. The number of carbonyl (C=O) groups is 2. The number of piperazine rings is 1. The van der Waals surface area contributed by atoms with Crippen LogP contribution in [0.3, 0.4) is 0 Å². The Kier molecular flexibility index (Phi) is 6.57. The van der Waals surface area contributed by atoms with Crippen LogP contribution in [0.4, 0.5) is 0 Å². The fourth-order valence-corrected chi connectivity index (χ4v) is 5.49. The summed E-state index contributed by atoms with van der Waals surface area (Å²) in [6, 6.07) is 12.2. The van der Waals surface area contributed by atoms with Crippen LogP contribution in [0.2, 0.25) is 0 Å². The zero-order valence-corrected chi connectivity index (χ0v) is 19.3. The lowest BCUT2D eigenvalue weighted by Gasteiger charge is -2.34. The first kappa shape index (κ1) is 23.1. The molecule has 2 aromatic rings. The average Bonchev–Trinajstić information content (AvgIpc) is 2.81. The molecular weight excluding hydrogens is 448 g/mol. The summed E-state index contributed by atoms with van der Waals surface area (Å²) in [5.41, 5.74) is 1.68. The van der Waals surface area contributed by atoms with E-state index in [0.717, 1.165) is 5.56 Å². The average molecular weight is 475 g/mol. The summed E-state index contributed by atoms with van der Waals surface area (Å²) in [6.45, 7) is 4.02. The first-order valence-corrected chi connectivity index (χ1v) is 12.1. The van der Waals surface area contributed by atoms with E-state index in [0.29, 0.717) is 17.1 Å². The molecule has 2 aliphatic rings. The molecular formula is C23H26N2O7S. The van der Waals surface area contributed by atoms with Crippen molar-refractivity contribution < 1.29 is 32.2 Å². The number of esters is 1. The highest BCUT2D eigenvalue weighted by Gasteiger charge is 2.33. The van der Waals surface area contributed by atoms with Gasteiger partial charge in [-0.1, -0.05) is 29.8 Å². The molecule has 4 rings (SSSR count). The second-order valence-electron chi connectivity index (χ2n) is 8.03. The third-order valence-corrected chi connectivity index (χ3v) is 7.71. The topological polar surface area (TPSA) is 102 Å². The number of sulfonamides is 1. The highest BCUT2D eigenvalue weighted by Crippen LogP contribution is 2.31. The molecule has 0 unspecified atom stereocenters. The predicted molar refractivity (Wildman–Crippen MR) is 119 cm³/mol. The van der Waals surface area contributed by atoms with Crippen molar-refractivity contribution in [2.24, 2.45) is 0 Å². The summed E-state index contributed by atoms with van der Waals surface area (Å²) in [5, 5.41) is 0. The lowest BCUT2D eigenvalue weighted by molar-refractivity contribution is -0.160. The number of aryl methyl sites for hydroxylation is 2. The van der Waals surface area contributed by atoms with Gasteiger partial charge in [-0.2, -0.15) is 4.31 Å². The largest absolute Gasteiger partial charge is 0.485 e. The molecule has 0 saturated carbocycles. The Morgan fingerprint density at radius 3 is 2.42 bits per heavy atom. The molecule has 1 fully saturated rings. The Bertz CT molecular complexity index is 1160. The first-order chi connectivity index (χ1) is 15.8. The van der Waals surface area contributed by atoms with Crippen molar-refractivity contribution >= 4 is 21.9 Å². The predicted octanol–water partition coefficient (Wildman–Crippen LogP) is 1.52. The standard InChI is InChI=1S/C23H26N2O7S/c1-16-7-8-21(17(2)13-16)33(28,29)25-11-9-24(10-12-25)22(26)15-31-23(27)20-14-30-18-5-3-4-6-19(18)32-20/h3-8,13,20H,9-12,14-15H2,1-2H3/t20-/m1/s1. The number of hydrogen-bond acceptors (Lipinski definition) is 7. The Hall–Kier alpha value is -3.11. The number of benzene rings is 2.